The Morgan fingerprint density at radius 3 is 2.48 bits per heavy atom. The van der Waals surface area contributed by atoms with Gasteiger partial charge in [-0.1, -0.05) is 61.5 Å². The minimum atomic E-state index is 0.559. The number of likely N-dealkylation sites (N-methyl/N-ethyl adjacent to an activating group) is 1. The molecule has 3 rings (SSSR count). The molecule has 0 amide bonds. The Bertz CT molecular complexity index is 565. The maximum absolute atomic E-state index is 3.68. The van der Waals surface area contributed by atoms with E-state index in [0.29, 0.717) is 6.04 Å². The second kappa shape index (κ2) is 6.88. The molecule has 2 aromatic rings. The van der Waals surface area contributed by atoms with Crippen molar-refractivity contribution in [3.63, 3.8) is 0 Å². The third-order valence-corrected chi connectivity index (χ3v) is 4.34. The topological polar surface area (TPSA) is 15.3 Å². The van der Waals surface area contributed by atoms with Crippen LogP contribution < -0.4 is 5.32 Å². The van der Waals surface area contributed by atoms with Crippen LogP contribution in [0.3, 0.4) is 0 Å². The zero-order valence-corrected chi connectivity index (χ0v) is 12.8. The lowest BCUT2D eigenvalue weighted by Crippen LogP contribution is -2.44. The molecule has 1 aliphatic rings. The quantitative estimate of drug-likeness (QED) is 0.904. The average molecular weight is 280 g/mol. The molecule has 0 radical (unpaired) electrons. The minimum absolute atomic E-state index is 0.559. The summed E-state index contributed by atoms with van der Waals surface area (Å²) in [5.41, 5.74) is 4.37. The van der Waals surface area contributed by atoms with Gasteiger partial charge < -0.3 is 5.32 Å². The molecule has 2 aromatic carbocycles. The van der Waals surface area contributed by atoms with E-state index >= 15 is 0 Å². The van der Waals surface area contributed by atoms with Gasteiger partial charge in [0, 0.05) is 25.7 Å². The predicted octanol–water partition coefficient (Wildman–Crippen LogP) is 3.22. The van der Waals surface area contributed by atoms with Crippen LogP contribution in [0.15, 0.2) is 54.6 Å². The Morgan fingerprint density at radius 1 is 1.00 bits per heavy atom. The van der Waals surface area contributed by atoms with Crippen molar-refractivity contribution in [2.75, 3.05) is 13.1 Å². The van der Waals surface area contributed by atoms with Crippen LogP contribution in [-0.2, 0) is 19.5 Å². The highest BCUT2D eigenvalue weighted by Crippen LogP contribution is 2.17. The van der Waals surface area contributed by atoms with Crippen molar-refractivity contribution >= 4 is 0 Å². The molecule has 1 aliphatic heterocycles. The van der Waals surface area contributed by atoms with Gasteiger partial charge in [-0.2, -0.15) is 0 Å². The summed E-state index contributed by atoms with van der Waals surface area (Å²) < 4.78 is 0. The summed E-state index contributed by atoms with van der Waals surface area (Å²) in [7, 11) is 0. The van der Waals surface area contributed by atoms with Crippen LogP contribution in [0.4, 0.5) is 0 Å². The highest BCUT2D eigenvalue weighted by atomic mass is 15.1. The lowest BCUT2D eigenvalue weighted by atomic mass is 9.95. The Kier molecular flexibility index (Phi) is 4.69. The van der Waals surface area contributed by atoms with Crippen molar-refractivity contribution in [1.82, 2.24) is 10.2 Å². The molecule has 0 saturated carbocycles. The van der Waals surface area contributed by atoms with Crippen LogP contribution in [0.2, 0.25) is 0 Å². The van der Waals surface area contributed by atoms with Gasteiger partial charge in [0.2, 0.25) is 0 Å². The molecule has 21 heavy (non-hydrogen) atoms. The molecule has 0 saturated heterocycles. The van der Waals surface area contributed by atoms with E-state index in [2.05, 4.69) is 71.7 Å². The molecule has 2 nitrogen and oxygen atoms in total. The normalized spacial score (nSPS) is 17.7. The number of hydrogen-bond donors (Lipinski definition) is 1. The van der Waals surface area contributed by atoms with Crippen molar-refractivity contribution < 1.29 is 0 Å². The molecule has 1 unspecified atom stereocenters. The zero-order chi connectivity index (χ0) is 14.5. The van der Waals surface area contributed by atoms with Crippen LogP contribution in [0.25, 0.3) is 0 Å². The average Bonchev–Trinajstić information content (AvgIpc) is 2.55. The first-order chi connectivity index (χ1) is 10.3. The maximum atomic E-state index is 3.68. The van der Waals surface area contributed by atoms with Gasteiger partial charge >= 0.3 is 0 Å². The number of hydrogen-bond acceptors (Lipinski definition) is 2. The number of nitrogens with zero attached hydrogens (tertiary/aromatic N) is 1. The summed E-state index contributed by atoms with van der Waals surface area (Å²) in [5, 5.41) is 3.68. The zero-order valence-electron chi connectivity index (χ0n) is 12.8. The minimum Gasteiger partial charge on any atom is -0.308 e. The van der Waals surface area contributed by atoms with Gasteiger partial charge in [-0.25, -0.2) is 0 Å². The summed E-state index contributed by atoms with van der Waals surface area (Å²) >= 11 is 0. The van der Waals surface area contributed by atoms with Crippen molar-refractivity contribution in [2.24, 2.45) is 0 Å². The van der Waals surface area contributed by atoms with Crippen molar-refractivity contribution in [3.05, 3.63) is 71.3 Å². The third-order valence-electron chi connectivity index (χ3n) is 4.34. The number of benzene rings is 2. The largest absolute Gasteiger partial charge is 0.308 e. The maximum Gasteiger partial charge on any atom is 0.0238 e. The SMILES string of the molecule is CCN(Cc1ccccc1)CC1Cc2ccccc2CN1. The molecule has 0 spiro atoms. The smallest absolute Gasteiger partial charge is 0.0238 e. The number of rotatable bonds is 5. The molecule has 1 heterocycles. The molecule has 0 aliphatic carbocycles. The fourth-order valence-electron chi connectivity index (χ4n) is 3.11. The molecule has 0 bridgehead atoms. The van der Waals surface area contributed by atoms with Gasteiger partial charge in [-0.05, 0) is 29.7 Å². The lowest BCUT2D eigenvalue weighted by Gasteiger charge is -2.31. The standard InChI is InChI=1S/C19H24N2/c1-2-21(14-16-8-4-3-5-9-16)15-19-12-17-10-6-7-11-18(17)13-20-19/h3-11,19-20H,2,12-15H2,1H3. The first-order valence-electron chi connectivity index (χ1n) is 7.91. The Balaban J connectivity index is 1.60. The van der Waals surface area contributed by atoms with Gasteiger partial charge in [-0.15, -0.1) is 0 Å². The first kappa shape index (κ1) is 14.3. The van der Waals surface area contributed by atoms with Crippen LogP contribution in [0.5, 0.6) is 0 Å². The third kappa shape index (κ3) is 3.72. The molecule has 1 atom stereocenters. The predicted molar refractivity (Wildman–Crippen MR) is 88.2 cm³/mol. The monoisotopic (exact) mass is 280 g/mol. The molecule has 2 heteroatoms. The van der Waals surface area contributed by atoms with Crippen LogP contribution >= 0.6 is 0 Å². The van der Waals surface area contributed by atoms with Gasteiger partial charge in [0.15, 0.2) is 0 Å². The Hall–Kier alpha value is -1.64. The van der Waals surface area contributed by atoms with Gasteiger partial charge in [0.05, 0.1) is 0 Å². The van der Waals surface area contributed by atoms with Crippen molar-refractivity contribution in [2.45, 2.75) is 32.5 Å². The number of nitrogens with one attached hydrogen (secondary N) is 1. The number of fused-ring (bicyclic) bond motifs is 1. The van der Waals surface area contributed by atoms with Gasteiger partial charge in [0.25, 0.3) is 0 Å². The summed E-state index contributed by atoms with van der Waals surface area (Å²) in [6.45, 7) is 6.50. The van der Waals surface area contributed by atoms with Crippen molar-refractivity contribution in [3.8, 4) is 0 Å². The summed E-state index contributed by atoms with van der Waals surface area (Å²) in [4.78, 5) is 2.53. The molecule has 0 fully saturated rings. The molecule has 110 valence electrons. The van der Waals surface area contributed by atoms with E-state index in [1.54, 1.807) is 0 Å². The van der Waals surface area contributed by atoms with Crippen molar-refractivity contribution in [1.29, 1.82) is 0 Å². The van der Waals surface area contributed by atoms with Gasteiger partial charge in [0.1, 0.15) is 0 Å². The molecule has 1 N–H and O–H groups in total. The molecule has 0 aromatic heterocycles. The van der Waals surface area contributed by atoms with E-state index in [-0.39, 0.29) is 0 Å². The summed E-state index contributed by atoms with van der Waals surface area (Å²) in [6.07, 6.45) is 1.14. The van der Waals surface area contributed by atoms with E-state index in [1.165, 1.54) is 16.7 Å². The second-order valence-corrected chi connectivity index (χ2v) is 5.86. The second-order valence-electron chi connectivity index (χ2n) is 5.86. The summed E-state index contributed by atoms with van der Waals surface area (Å²) in [5.74, 6) is 0. The van der Waals surface area contributed by atoms with E-state index < -0.39 is 0 Å². The Morgan fingerprint density at radius 2 is 1.71 bits per heavy atom. The van der Waals surface area contributed by atoms with Gasteiger partial charge in [-0.3, -0.25) is 4.90 Å². The molecular formula is C19H24N2. The van der Waals surface area contributed by atoms with Crippen LogP contribution in [0.1, 0.15) is 23.6 Å². The van der Waals surface area contributed by atoms with E-state index in [9.17, 15) is 0 Å². The fourth-order valence-corrected chi connectivity index (χ4v) is 3.11. The van der Waals surface area contributed by atoms with Crippen LogP contribution in [0, 0.1) is 0 Å². The van der Waals surface area contributed by atoms with E-state index in [4.69, 9.17) is 0 Å². The first-order valence-corrected chi connectivity index (χ1v) is 7.91. The molecular weight excluding hydrogens is 256 g/mol. The van der Waals surface area contributed by atoms with E-state index in [0.717, 1.165) is 32.6 Å². The van der Waals surface area contributed by atoms with Crippen LogP contribution in [-0.4, -0.2) is 24.0 Å². The highest BCUT2D eigenvalue weighted by molar-refractivity contribution is 5.30. The Labute approximate surface area is 127 Å². The lowest BCUT2D eigenvalue weighted by molar-refractivity contribution is 0.239. The highest BCUT2D eigenvalue weighted by Gasteiger charge is 2.19. The fraction of sp³-hybridized carbons (Fsp3) is 0.368. The van der Waals surface area contributed by atoms with E-state index in [1.807, 2.05) is 0 Å². The summed E-state index contributed by atoms with van der Waals surface area (Å²) in [6, 6.07) is 20.1.